The second-order valence-electron chi connectivity index (χ2n) is 4.64. The van der Waals surface area contributed by atoms with E-state index in [0.29, 0.717) is 18.8 Å². The Balaban J connectivity index is 1.73. The van der Waals surface area contributed by atoms with Crippen molar-refractivity contribution in [2.24, 2.45) is 5.92 Å². The van der Waals surface area contributed by atoms with Gasteiger partial charge in [0.2, 0.25) is 0 Å². The standard InChI is InChI=1S/C13H14N4O2/c18-9-10-6-16(7-10)13(19)12-8-17(15-14-12)11-4-2-1-3-5-11/h1-5,8,10,18H,6-7,9H2. The summed E-state index contributed by atoms with van der Waals surface area (Å²) >= 11 is 0. The summed E-state index contributed by atoms with van der Waals surface area (Å²) in [5, 5.41) is 16.8. The molecule has 0 saturated carbocycles. The Labute approximate surface area is 110 Å². The molecular weight excluding hydrogens is 244 g/mol. The predicted molar refractivity (Wildman–Crippen MR) is 67.8 cm³/mol. The van der Waals surface area contributed by atoms with Crippen LogP contribution in [0.4, 0.5) is 0 Å². The van der Waals surface area contributed by atoms with Crippen molar-refractivity contribution in [3.8, 4) is 5.69 Å². The Morgan fingerprint density at radius 3 is 2.74 bits per heavy atom. The van der Waals surface area contributed by atoms with Crippen molar-refractivity contribution in [2.75, 3.05) is 19.7 Å². The highest BCUT2D eigenvalue weighted by Crippen LogP contribution is 2.17. The molecule has 1 aromatic carbocycles. The maximum atomic E-state index is 12.1. The first-order valence-corrected chi connectivity index (χ1v) is 6.16. The summed E-state index contributed by atoms with van der Waals surface area (Å²) in [5.74, 6) is 0.0694. The third-order valence-corrected chi connectivity index (χ3v) is 3.24. The van der Waals surface area contributed by atoms with Crippen molar-refractivity contribution >= 4 is 5.91 Å². The highest BCUT2D eigenvalue weighted by Gasteiger charge is 2.31. The summed E-state index contributed by atoms with van der Waals surface area (Å²) in [6.07, 6.45) is 1.63. The van der Waals surface area contributed by atoms with Gasteiger partial charge in [-0.3, -0.25) is 4.79 Å². The number of rotatable bonds is 3. The number of carbonyl (C=O) groups excluding carboxylic acids is 1. The van der Waals surface area contributed by atoms with Gasteiger partial charge in [0.15, 0.2) is 5.69 Å². The maximum Gasteiger partial charge on any atom is 0.276 e. The number of amides is 1. The first-order valence-electron chi connectivity index (χ1n) is 6.16. The number of hydrogen-bond acceptors (Lipinski definition) is 4. The van der Waals surface area contributed by atoms with E-state index in [1.165, 1.54) is 0 Å². The molecule has 1 fully saturated rings. The zero-order valence-electron chi connectivity index (χ0n) is 10.3. The second-order valence-corrected chi connectivity index (χ2v) is 4.64. The minimum atomic E-state index is -0.133. The number of para-hydroxylation sites is 1. The third kappa shape index (κ3) is 2.22. The van der Waals surface area contributed by atoms with Crippen molar-refractivity contribution in [3.05, 3.63) is 42.2 Å². The Morgan fingerprint density at radius 1 is 1.32 bits per heavy atom. The molecular formula is C13H14N4O2. The smallest absolute Gasteiger partial charge is 0.276 e. The highest BCUT2D eigenvalue weighted by atomic mass is 16.3. The van der Waals surface area contributed by atoms with E-state index < -0.39 is 0 Å². The van der Waals surface area contributed by atoms with Crippen LogP contribution in [0.15, 0.2) is 36.5 Å². The average Bonchev–Trinajstić information content (AvgIpc) is 2.88. The average molecular weight is 258 g/mol. The number of aliphatic hydroxyl groups excluding tert-OH is 1. The topological polar surface area (TPSA) is 71.2 Å². The van der Waals surface area contributed by atoms with E-state index in [4.69, 9.17) is 5.11 Å². The van der Waals surface area contributed by atoms with E-state index >= 15 is 0 Å². The maximum absolute atomic E-state index is 12.1. The van der Waals surface area contributed by atoms with Crippen molar-refractivity contribution in [1.29, 1.82) is 0 Å². The summed E-state index contributed by atoms with van der Waals surface area (Å²) in [4.78, 5) is 13.7. The molecule has 1 aliphatic heterocycles. The van der Waals surface area contributed by atoms with Crippen LogP contribution in [0.2, 0.25) is 0 Å². The van der Waals surface area contributed by atoms with Gasteiger partial charge < -0.3 is 10.0 Å². The summed E-state index contributed by atoms with van der Waals surface area (Å²) in [5.41, 5.74) is 1.20. The quantitative estimate of drug-likeness (QED) is 0.861. The monoisotopic (exact) mass is 258 g/mol. The summed E-state index contributed by atoms with van der Waals surface area (Å²) < 4.78 is 1.58. The van der Waals surface area contributed by atoms with Gasteiger partial charge in [0.25, 0.3) is 5.91 Å². The van der Waals surface area contributed by atoms with Crippen LogP contribution in [0.5, 0.6) is 0 Å². The molecule has 1 aromatic heterocycles. The number of carbonyl (C=O) groups is 1. The molecule has 1 saturated heterocycles. The number of likely N-dealkylation sites (tertiary alicyclic amines) is 1. The molecule has 0 aliphatic carbocycles. The zero-order valence-corrected chi connectivity index (χ0v) is 10.3. The predicted octanol–water partition coefficient (Wildman–Crippen LogP) is 0.332. The van der Waals surface area contributed by atoms with Gasteiger partial charge in [-0.25, -0.2) is 4.68 Å². The minimum Gasteiger partial charge on any atom is -0.396 e. The van der Waals surface area contributed by atoms with Crippen LogP contribution in [-0.2, 0) is 0 Å². The van der Waals surface area contributed by atoms with Crippen LogP contribution in [-0.4, -0.2) is 50.6 Å². The fourth-order valence-electron chi connectivity index (χ4n) is 2.08. The van der Waals surface area contributed by atoms with Crippen LogP contribution in [0.25, 0.3) is 5.69 Å². The lowest BCUT2D eigenvalue weighted by molar-refractivity contribution is 0.0356. The van der Waals surface area contributed by atoms with Crippen molar-refractivity contribution in [3.63, 3.8) is 0 Å². The van der Waals surface area contributed by atoms with Crippen molar-refractivity contribution < 1.29 is 9.90 Å². The van der Waals surface area contributed by atoms with Gasteiger partial charge in [-0.1, -0.05) is 23.4 Å². The molecule has 1 aliphatic rings. The van der Waals surface area contributed by atoms with E-state index in [-0.39, 0.29) is 18.4 Å². The van der Waals surface area contributed by atoms with Gasteiger partial charge in [0, 0.05) is 25.6 Å². The molecule has 3 rings (SSSR count). The summed E-state index contributed by atoms with van der Waals surface area (Å²) in [6, 6.07) is 9.52. The lowest BCUT2D eigenvalue weighted by Gasteiger charge is -2.37. The molecule has 0 spiro atoms. The van der Waals surface area contributed by atoms with E-state index in [9.17, 15) is 4.79 Å². The molecule has 1 N–H and O–H groups in total. The molecule has 2 aromatic rings. The minimum absolute atomic E-state index is 0.125. The van der Waals surface area contributed by atoms with Gasteiger partial charge in [0.1, 0.15) is 0 Å². The van der Waals surface area contributed by atoms with Crippen LogP contribution in [0, 0.1) is 5.92 Å². The van der Waals surface area contributed by atoms with Gasteiger partial charge in [-0.2, -0.15) is 0 Å². The Morgan fingerprint density at radius 2 is 2.05 bits per heavy atom. The van der Waals surface area contributed by atoms with Crippen LogP contribution < -0.4 is 0 Å². The van der Waals surface area contributed by atoms with E-state index in [2.05, 4.69) is 10.3 Å². The molecule has 6 nitrogen and oxygen atoms in total. The van der Waals surface area contributed by atoms with Gasteiger partial charge in [0.05, 0.1) is 11.9 Å². The van der Waals surface area contributed by atoms with Crippen LogP contribution in [0.1, 0.15) is 10.5 Å². The molecule has 2 heterocycles. The number of nitrogens with zero attached hydrogens (tertiary/aromatic N) is 4. The van der Waals surface area contributed by atoms with Crippen LogP contribution >= 0.6 is 0 Å². The first kappa shape index (κ1) is 11.9. The molecule has 6 heteroatoms. The molecule has 98 valence electrons. The number of aliphatic hydroxyl groups is 1. The molecule has 0 atom stereocenters. The molecule has 0 unspecified atom stereocenters. The molecule has 0 bridgehead atoms. The number of hydrogen-bond donors (Lipinski definition) is 1. The fourth-order valence-corrected chi connectivity index (χ4v) is 2.08. The lowest BCUT2D eigenvalue weighted by atomic mass is 10.0. The van der Waals surface area contributed by atoms with Crippen molar-refractivity contribution in [1.82, 2.24) is 19.9 Å². The van der Waals surface area contributed by atoms with Gasteiger partial charge >= 0.3 is 0 Å². The van der Waals surface area contributed by atoms with Gasteiger partial charge in [-0.15, -0.1) is 5.10 Å². The highest BCUT2D eigenvalue weighted by molar-refractivity contribution is 5.92. The normalized spacial score (nSPS) is 15.3. The lowest BCUT2D eigenvalue weighted by Crippen LogP contribution is -2.51. The third-order valence-electron chi connectivity index (χ3n) is 3.24. The summed E-state index contributed by atoms with van der Waals surface area (Å²) in [6.45, 7) is 1.31. The fraction of sp³-hybridized carbons (Fsp3) is 0.308. The van der Waals surface area contributed by atoms with Gasteiger partial charge in [-0.05, 0) is 12.1 Å². The SMILES string of the molecule is O=C(c1cn(-c2ccccc2)nn1)N1CC(CO)C1. The molecule has 0 radical (unpaired) electrons. The van der Waals surface area contributed by atoms with E-state index in [1.54, 1.807) is 15.8 Å². The van der Waals surface area contributed by atoms with E-state index in [1.807, 2.05) is 30.3 Å². The Kier molecular flexibility index (Phi) is 3.00. The number of benzene rings is 1. The molecule has 19 heavy (non-hydrogen) atoms. The number of aromatic nitrogens is 3. The molecule has 1 amide bonds. The van der Waals surface area contributed by atoms with Crippen molar-refractivity contribution in [2.45, 2.75) is 0 Å². The Hall–Kier alpha value is -2.21. The largest absolute Gasteiger partial charge is 0.396 e. The Bertz CT molecular complexity index is 575. The zero-order chi connectivity index (χ0) is 13.2. The van der Waals surface area contributed by atoms with Crippen LogP contribution in [0.3, 0.4) is 0 Å². The second kappa shape index (κ2) is 4.81. The summed E-state index contributed by atoms with van der Waals surface area (Å²) in [7, 11) is 0. The first-order chi connectivity index (χ1) is 9.28. The van der Waals surface area contributed by atoms with E-state index in [0.717, 1.165) is 5.69 Å².